The summed E-state index contributed by atoms with van der Waals surface area (Å²) < 4.78 is 6.99. The third kappa shape index (κ3) is 3.10. The number of pyridine rings is 1. The van der Waals surface area contributed by atoms with E-state index in [2.05, 4.69) is 15.0 Å². The molecule has 1 saturated heterocycles. The van der Waals surface area contributed by atoms with Gasteiger partial charge in [-0.05, 0) is 30.9 Å². The van der Waals surface area contributed by atoms with Gasteiger partial charge < -0.3 is 9.84 Å². The van der Waals surface area contributed by atoms with Crippen molar-refractivity contribution in [3.05, 3.63) is 24.0 Å². The molecule has 22 heavy (non-hydrogen) atoms. The highest BCUT2D eigenvalue weighted by Gasteiger charge is 2.20. The molecule has 0 amide bonds. The number of piperidine rings is 1. The lowest BCUT2D eigenvalue weighted by Crippen LogP contribution is -2.36. The Kier molecular flexibility index (Phi) is 4.35. The molecule has 2 aromatic heterocycles. The molecular formula is C15H20N4O3. The third-order valence-electron chi connectivity index (χ3n) is 4.15. The standard InChI is InChI=1S/C15H20N4O3/c1-22-9-11-4-6-18(7-5-11)10-19-14-12(8-16-19)2-3-13(17-14)15(20)21/h2-3,8,11H,4-7,9-10H2,1H3,(H,20,21). The molecule has 0 spiro atoms. The molecule has 7 nitrogen and oxygen atoms in total. The van der Waals surface area contributed by atoms with Gasteiger partial charge in [-0.15, -0.1) is 0 Å². The molecule has 2 aromatic rings. The summed E-state index contributed by atoms with van der Waals surface area (Å²) in [5, 5.41) is 14.3. The van der Waals surface area contributed by atoms with Crippen LogP contribution in [0.2, 0.25) is 0 Å². The lowest BCUT2D eigenvalue weighted by atomic mass is 9.98. The fraction of sp³-hybridized carbons (Fsp3) is 0.533. The van der Waals surface area contributed by atoms with E-state index in [-0.39, 0.29) is 5.69 Å². The van der Waals surface area contributed by atoms with E-state index in [1.54, 1.807) is 24.1 Å². The highest BCUT2D eigenvalue weighted by molar-refractivity contribution is 5.88. The Bertz CT molecular complexity index is 662. The van der Waals surface area contributed by atoms with Gasteiger partial charge in [0.05, 0.1) is 12.9 Å². The van der Waals surface area contributed by atoms with Crippen molar-refractivity contribution in [2.45, 2.75) is 19.5 Å². The van der Waals surface area contributed by atoms with Gasteiger partial charge in [0.1, 0.15) is 0 Å². The van der Waals surface area contributed by atoms with Gasteiger partial charge in [-0.3, -0.25) is 4.90 Å². The summed E-state index contributed by atoms with van der Waals surface area (Å²) in [6.45, 7) is 3.45. The molecule has 7 heteroatoms. The molecule has 0 aliphatic carbocycles. The van der Waals surface area contributed by atoms with E-state index in [1.807, 2.05) is 0 Å². The lowest BCUT2D eigenvalue weighted by molar-refractivity contribution is 0.0690. The number of methoxy groups -OCH3 is 1. The molecule has 0 atom stereocenters. The first-order valence-electron chi connectivity index (χ1n) is 7.44. The fourth-order valence-corrected chi connectivity index (χ4v) is 2.90. The van der Waals surface area contributed by atoms with Gasteiger partial charge >= 0.3 is 5.97 Å². The minimum Gasteiger partial charge on any atom is -0.477 e. The quantitative estimate of drug-likeness (QED) is 0.900. The van der Waals surface area contributed by atoms with Gasteiger partial charge in [0.2, 0.25) is 0 Å². The lowest BCUT2D eigenvalue weighted by Gasteiger charge is -2.31. The maximum absolute atomic E-state index is 11.1. The first-order chi connectivity index (χ1) is 10.7. The van der Waals surface area contributed by atoms with Crippen LogP contribution in [0.3, 0.4) is 0 Å². The van der Waals surface area contributed by atoms with Crippen molar-refractivity contribution in [1.82, 2.24) is 19.7 Å². The summed E-state index contributed by atoms with van der Waals surface area (Å²) in [5.41, 5.74) is 0.673. The molecule has 3 rings (SSSR count). The summed E-state index contributed by atoms with van der Waals surface area (Å²) in [6.07, 6.45) is 3.95. The number of hydrogen-bond donors (Lipinski definition) is 1. The number of carboxylic acids is 1. The number of carboxylic acid groups (broad SMARTS) is 1. The van der Waals surface area contributed by atoms with Gasteiger partial charge in [-0.2, -0.15) is 5.10 Å². The average molecular weight is 304 g/mol. The summed E-state index contributed by atoms with van der Waals surface area (Å²) in [4.78, 5) is 17.6. The second-order valence-electron chi connectivity index (χ2n) is 5.72. The maximum Gasteiger partial charge on any atom is 0.354 e. The van der Waals surface area contributed by atoms with E-state index >= 15 is 0 Å². The van der Waals surface area contributed by atoms with Crippen LogP contribution < -0.4 is 0 Å². The number of fused-ring (bicyclic) bond motifs is 1. The first-order valence-corrected chi connectivity index (χ1v) is 7.44. The van der Waals surface area contributed by atoms with Gasteiger partial charge in [0, 0.05) is 32.2 Å². The second kappa shape index (κ2) is 6.41. The fourth-order valence-electron chi connectivity index (χ4n) is 2.90. The van der Waals surface area contributed by atoms with E-state index in [0.717, 1.165) is 37.9 Å². The minimum absolute atomic E-state index is 0.0491. The zero-order chi connectivity index (χ0) is 15.5. The number of likely N-dealkylation sites (tertiary alicyclic amines) is 1. The van der Waals surface area contributed by atoms with E-state index in [9.17, 15) is 4.79 Å². The molecule has 0 radical (unpaired) electrons. The van der Waals surface area contributed by atoms with Crippen molar-refractivity contribution in [2.24, 2.45) is 5.92 Å². The predicted molar refractivity (Wildman–Crippen MR) is 80.7 cm³/mol. The van der Waals surface area contributed by atoms with Gasteiger partial charge in [-0.25, -0.2) is 14.5 Å². The van der Waals surface area contributed by atoms with Crippen molar-refractivity contribution in [3.63, 3.8) is 0 Å². The smallest absolute Gasteiger partial charge is 0.354 e. The van der Waals surface area contributed by atoms with Crippen molar-refractivity contribution in [1.29, 1.82) is 0 Å². The number of hydrogen-bond acceptors (Lipinski definition) is 5. The van der Waals surface area contributed by atoms with Crippen LogP contribution in [0.15, 0.2) is 18.3 Å². The zero-order valence-corrected chi connectivity index (χ0v) is 12.6. The number of aromatic carboxylic acids is 1. The van der Waals surface area contributed by atoms with Gasteiger partial charge in [0.15, 0.2) is 11.3 Å². The van der Waals surface area contributed by atoms with Crippen LogP contribution in [-0.2, 0) is 11.4 Å². The van der Waals surface area contributed by atoms with E-state index in [4.69, 9.17) is 9.84 Å². The Hall–Kier alpha value is -1.99. The molecule has 0 bridgehead atoms. The molecule has 3 heterocycles. The van der Waals surface area contributed by atoms with Crippen molar-refractivity contribution >= 4 is 17.0 Å². The van der Waals surface area contributed by atoms with E-state index < -0.39 is 5.97 Å². The normalized spacial score (nSPS) is 17.1. The molecule has 1 aliphatic rings. The predicted octanol–water partition coefficient (Wildman–Crippen LogP) is 1.45. The van der Waals surface area contributed by atoms with Crippen LogP contribution in [0.25, 0.3) is 11.0 Å². The van der Waals surface area contributed by atoms with Crippen LogP contribution in [0.4, 0.5) is 0 Å². The average Bonchev–Trinajstić information content (AvgIpc) is 2.92. The molecule has 0 saturated carbocycles. The Morgan fingerprint density at radius 2 is 2.18 bits per heavy atom. The molecule has 118 valence electrons. The minimum atomic E-state index is -1.02. The van der Waals surface area contributed by atoms with Gasteiger partial charge in [-0.1, -0.05) is 0 Å². The molecular weight excluding hydrogens is 284 g/mol. The van der Waals surface area contributed by atoms with Crippen molar-refractivity contribution in [3.8, 4) is 0 Å². The Balaban J connectivity index is 1.71. The Labute approximate surface area is 128 Å². The summed E-state index contributed by atoms with van der Waals surface area (Å²) in [5.74, 6) is -0.387. The first kappa shape index (κ1) is 14.9. The van der Waals surface area contributed by atoms with Crippen LogP contribution in [0.5, 0.6) is 0 Å². The largest absolute Gasteiger partial charge is 0.477 e. The van der Waals surface area contributed by atoms with Crippen LogP contribution in [0, 0.1) is 5.92 Å². The summed E-state index contributed by atoms with van der Waals surface area (Å²) in [7, 11) is 1.74. The van der Waals surface area contributed by atoms with Crippen LogP contribution >= 0.6 is 0 Å². The van der Waals surface area contributed by atoms with Crippen molar-refractivity contribution < 1.29 is 14.6 Å². The van der Waals surface area contributed by atoms with Crippen molar-refractivity contribution in [2.75, 3.05) is 26.8 Å². The highest BCUT2D eigenvalue weighted by atomic mass is 16.5. The van der Waals surface area contributed by atoms with E-state index in [0.29, 0.717) is 18.2 Å². The summed E-state index contributed by atoms with van der Waals surface area (Å²) in [6, 6.07) is 3.26. The monoisotopic (exact) mass is 304 g/mol. The molecule has 1 aliphatic heterocycles. The zero-order valence-electron chi connectivity index (χ0n) is 12.6. The maximum atomic E-state index is 11.1. The second-order valence-corrected chi connectivity index (χ2v) is 5.72. The van der Waals surface area contributed by atoms with Gasteiger partial charge in [0.25, 0.3) is 0 Å². The molecule has 1 N–H and O–H groups in total. The third-order valence-corrected chi connectivity index (χ3v) is 4.15. The number of aromatic nitrogens is 3. The molecule has 1 fully saturated rings. The number of nitrogens with zero attached hydrogens (tertiary/aromatic N) is 4. The molecule has 0 unspecified atom stereocenters. The van der Waals surface area contributed by atoms with Crippen LogP contribution in [-0.4, -0.2) is 57.5 Å². The van der Waals surface area contributed by atoms with Crippen LogP contribution in [0.1, 0.15) is 23.3 Å². The summed E-state index contributed by atoms with van der Waals surface area (Å²) >= 11 is 0. The SMILES string of the molecule is COCC1CCN(Cn2ncc3ccc(C(=O)O)nc32)CC1. The molecule has 0 aromatic carbocycles. The topological polar surface area (TPSA) is 80.5 Å². The number of carbonyl (C=O) groups is 1. The highest BCUT2D eigenvalue weighted by Crippen LogP contribution is 2.19. The number of rotatable bonds is 5. The Morgan fingerprint density at radius 3 is 2.86 bits per heavy atom. The van der Waals surface area contributed by atoms with E-state index in [1.165, 1.54) is 6.07 Å². The Morgan fingerprint density at radius 1 is 1.41 bits per heavy atom. The number of ether oxygens (including phenoxy) is 1.